The van der Waals surface area contributed by atoms with E-state index in [1.165, 1.54) is 5.56 Å². The number of amides is 1. The van der Waals surface area contributed by atoms with Crippen LogP contribution in [0.5, 0.6) is 5.75 Å². The van der Waals surface area contributed by atoms with E-state index in [2.05, 4.69) is 41.5 Å². The van der Waals surface area contributed by atoms with Gasteiger partial charge in [0.2, 0.25) is 5.12 Å². The van der Waals surface area contributed by atoms with Crippen LogP contribution in [-0.4, -0.2) is 19.9 Å². The molecule has 0 atom stereocenters. The Bertz CT molecular complexity index is 1130. The molecule has 6 nitrogen and oxygen atoms in total. The van der Waals surface area contributed by atoms with Crippen LogP contribution in [-0.2, 0) is 17.8 Å². The molecule has 0 spiro atoms. The van der Waals surface area contributed by atoms with Crippen molar-refractivity contribution in [2.24, 2.45) is 0 Å². The molecule has 2 aromatic carbocycles. The highest BCUT2D eigenvalue weighted by atomic mass is 32.2. The summed E-state index contributed by atoms with van der Waals surface area (Å²) in [6.45, 7) is 4.49. The normalized spacial score (nSPS) is 14.9. The second-order valence-electron chi connectivity index (χ2n) is 6.89. The summed E-state index contributed by atoms with van der Waals surface area (Å²) >= 11 is 0.664. The van der Waals surface area contributed by atoms with E-state index in [0.717, 1.165) is 29.1 Å². The largest absolute Gasteiger partial charge is 0.487 e. The highest BCUT2D eigenvalue weighted by Gasteiger charge is 2.25. The zero-order valence-electron chi connectivity index (χ0n) is 16.7. The van der Waals surface area contributed by atoms with Gasteiger partial charge in [0.05, 0.1) is 17.7 Å². The molecule has 3 aromatic rings. The average molecular weight is 420 g/mol. The lowest BCUT2D eigenvalue weighted by Crippen LogP contribution is -2.10. The number of ether oxygens (including phenoxy) is 1. The molecule has 1 aliphatic heterocycles. The van der Waals surface area contributed by atoms with Crippen LogP contribution in [0, 0.1) is 6.92 Å². The number of rotatable bonds is 6. The summed E-state index contributed by atoms with van der Waals surface area (Å²) < 4.78 is 7.98. The molecule has 1 amide bonds. The summed E-state index contributed by atoms with van der Waals surface area (Å²) in [6, 6.07) is 15.8. The van der Waals surface area contributed by atoms with Gasteiger partial charge in [-0.05, 0) is 54.8 Å². The number of hydrogen-bond donors (Lipinski definition) is 1. The van der Waals surface area contributed by atoms with Gasteiger partial charge in [-0.2, -0.15) is 0 Å². The van der Waals surface area contributed by atoms with Crippen LogP contribution in [0.25, 0.3) is 11.8 Å². The van der Waals surface area contributed by atoms with Gasteiger partial charge in [0.15, 0.2) is 0 Å². The molecule has 1 saturated heterocycles. The number of nitrogens with one attached hydrogen (secondary N) is 1. The van der Waals surface area contributed by atoms with Crippen LogP contribution in [0.4, 0.5) is 4.79 Å². The van der Waals surface area contributed by atoms with Gasteiger partial charge < -0.3 is 14.6 Å². The van der Waals surface area contributed by atoms with Gasteiger partial charge in [-0.1, -0.05) is 31.2 Å². The third-order valence-electron chi connectivity index (χ3n) is 4.92. The van der Waals surface area contributed by atoms with Crippen LogP contribution < -0.4 is 10.1 Å². The lowest BCUT2D eigenvalue weighted by Gasteiger charge is -2.09. The van der Waals surface area contributed by atoms with E-state index >= 15 is 0 Å². The fourth-order valence-electron chi connectivity index (χ4n) is 3.17. The van der Waals surface area contributed by atoms with Crippen molar-refractivity contribution >= 4 is 28.2 Å². The summed E-state index contributed by atoms with van der Waals surface area (Å²) in [4.78, 5) is 27.6. The second kappa shape index (κ2) is 8.59. The first-order chi connectivity index (χ1) is 14.5. The van der Waals surface area contributed by atoms with Gasteiger partial charge in [0.25, 0.3) is 5.24 Å². The molecule has 1 aliphatic rings. The van der Waals surface area contributed by atoms with Crippen LogP contribution >= 0.6 is 11.8 Å². The molecule has 0 aliphatic carbocycles. The number of benzene rings is 2. The van der Waals surface area contributed by atoms with E-state index in [0.29, 0.717) is 24.1 Å². The number of carbonyl (C=O) groups is 2. The summed E-state index contributed by atoms with van der Waals surface area (Å²) in [5.41, 5.74) is 5.30. The van der Waals surface area contributed by atoms with Crippen LogP contribution in [0.1, 0.15) is 29.4 Å². The second-order valence-corrected chi connectivity index (χ2v) is 7.83. The minimum Gasteiger partial charge on any atom is -0.487 e. The maximum Gasteiger partial charge on any atom is 0.291 e. The van der Waals surface area contributed by atoms with Crippen molar-refractivity contribution < 1.29 is 14.3 Å². The third-order valence-corrected chi connectivity index (χ3v) is 5.61. The van der Waals surface area contributed by atoms with E-state index in [1.54, 1.807) is 6.08 Å². The standard InChI is InChI=1S/C23H21N3O3S/c1-3-16-7-9-18(10-8-16)26-14-24-21(15(26)2)13-29-19-6-4-5-17(11-19)12-20-22(27)30-23(28)25-20/h4-12,14H,3,13H2,1-2H3,(H,25,28). The monoisotopic (exact) mass is 419 g/mol. The number of carbonyl (C=O) groups excluding carboxylic acids is 2. The highest BCUT2D eigenvalue weighted by Crippen LogP contribution is 2.23. The molecule has 7 heteroatoms. The van der Waals surface area contributed by atoms with Gasteiger partial charge >= 0.3 is 0 Å². The van der Waals surface area contributed by atoms with Crippen molar-refractivity contribution in [2.45, 2.75) is 26.9 Å². The quantitative estimate of drug-likeness (QED) is 0.589. The van der Waals surface area contributed by atoms with Gasteiger partial charge in [-0.15, -0.1) is 0 Å². The molecule has 30 heavy (non-hydrogen) atoms. The fraction of sp³-hybridized carbons (Fsp3) is 0.174. The van der Waals surface area contributed by atoms with Crippen LogP contribution in [0.3, 0.4) is 0 Å². The van der Waals surface area contributed by atoms with Crippen molar-refractivity contribution in [3.05, 3.63) is 83.1 Å². The number of nitrogens with zero attached hydrogens (tertiary/aromatic N) is 2. The Morgan fingerprint density at radius 3 is 2.67 bits per heavy atom. The van der Waals surface area contributed by atoms with E-state index in [1.807, 2.05) is 42.1 Å². The predicted octanol–water partition coefficient (Wildman–Crippen LogP) is 4.65. The lowest BCUT2D eigenvalue weighted by atomic mass is 10.1. The Balaban J connectivity index is 1.46. The Morgan fingerprint density at radius 2 is 1.97 bits per heavy atom. The molecule has 152 valence electrons. The summed E-state index contributed by atoms with van der Waals surface area (Å²) in [6.07, 6.45) is 4.46. The molecule has 1 fully saturated rings. The SMILES string of the molecule is CCc1ccc(-n2cnc(COc3cccc(C=C4NC(=O)SC4=O)c3)c2C)cc1. The van der Waals surface area contributed by atoms with Crippen molar-refractivity contribution in [1.82, 2.24) is 14.9 Å². The number of hydrogen-bond acceptors (Lipinski definition) is 5. The molecule has 4 rings (SSSR count). The van der Waals surface area contributed by atoms with E-state index in [4.69, 9.17) is 4.74 Å². The number of aryl methyl sites for hydroxylation is 1. The van der Waals surface area contributed by atoms with E-state index in [-0.39, 0.29) is 16.1 Å². The zero-order chi connectivity index (χ0) is 21.1. The van der Waals surface area contributed by atoms with E-state index in [9.17, 15) is 9.59 Å². The zero-order valence-corrected chi connectivity index (χ0v) is 17.5. The highest BCUT2D eigenvalue weighted by molar-refractivity contribution is 8.27. The average Bonchev–Trinajstić information content (AvgIpc) is 3.27. The first-order valence-electron chi connectivity index (χ1n) is 9.63. The number of aromatic nitrogens is 2. The Morgan fingerprint density at radius 1 is 1.17 bits per heavy atom. The molecular weight excluding hydrogens is 398 g/mol. The first kappa shape index (κ1) is 20.0. The van der Waals surface area contributed by atoms with Crippen molar-refractivity contribution in [1.29, 1.82) is 0 Å². The Hall–Kier alpha value is -3.32. The summed E-state index contributed by atoms with van der Waals surface area (Å²) in [5.74, 6) is 0.662. The Labute approximate surface area is 179 Å². The molecule has 0 radical (unpaired) electrons. The first-order valence-corrected chi connectivity index (χ1v) is 10.4. The smallest absolute Gasteiger partial charge is 0.291 e. The maximum atomic E-state index is 11.7. The molecule has 0 unspecified atom stereocenters. The summed E-state index contributed by atoms with van der Waals surface area (Å²) in [5, 5.41) is 1.91. The third kappa shape index (κ3) is 4.31. The number of imidazole rings is 1. The van der Waals surface area contributed by atoms with Gasteiger partial charge in [-0.25, -0.2) is 4.98 Å². The van der Waals surface area contributed by atoms with Crippen molar-refractivity contribution in [3.8, 4) is 11.4 Å². The topological polar surface area (TPSA) is 73.2 Å². The van der Waals surface area contributed by atoms with E-state index < -0.39 is 0 Å². The molecule has 1 N–H and O–H groups in total. The maximum absolute atomic E-state index is 11.7. The predicted molar refractivity (Wildman–Crippen MR) is 118 cm³/mol. The fourth-order valence-corrected chi connectivity index (χ4v) is 3.72. The molecular formula is C23H21N3O3S. The minimum absolute atomic E-state index is 0.278. The van der Waals surface area contributed by atoms with Gasteiger partial charge in [-0.3, -0.25) is 9.59 Å². The Kier molecular flexibility index (Phi) is 5.72. The minimum atomic E-state index is -0.353. The molecule has 1 aromatic heterocycles. The number of thioether (sulfide) groups is 1. The van der Waals surface area contributed by atoms with Crippen molar-refractivity contribution in [2.75, 3.05) is 0 Å². The molecule has 0 saturated carbocycles. The van der Waals surface area contributed by atoms with Crippen LogP contribution in [0.15, 0.2) is 60.6 Å². The lowest BCUT2D eigenvalue weighted by molar-refractivity contribution is -0.107. The van der Waals surface area contributed by atoms with Gasteiger partial charge in [0.1, 0.15) is 12.4 Å². The van der Waals surface area contributed by atoms with Crippen LogP contribution in [0.2, 0.25) is 0 Å². The molecule has 2 heterocycles. The summed E-state index contributed by atoms with van der Waals surface area (Å²) in [7, 11) is 0. The van der Waals surface area contributed by atoms with Crippen molar-refractivity contribution in [3.63, 3.8) is 0 Å². The molecule has 0 bridgehead atoms. The van der Waals surface area contributed by atoms with Gasteiger partial charge in [0, 0.05) is 23.1 Å².